The van der Waals surface area contributed by atoms with Crippen LogP contribution >= 0.6 is 0 Å². The van der Waals surface area contributed by atoms with Crippen molar-refractivity contribution in [3.63, 3.8) is 0 Å². The van der Waals surface area contributed by atoms with Crippen molar-refractivity contribution in [3.05, 3.63) is 24.0 Å². The molecule has 6 unspecified atom stereocenters. The zero-order valence-electron chi connectivity index (χ0n) is 18.6. The molecule has 2 aliphatic rings. The minimum Gasteiger partial charge on any atom is -0.481 e. The predicted octanol–water partition coefficient (Wildman–Crippen LogP) is -1.89. The van der Waals surface area contributed by atoms with Gasteiger partial charge in [0.2, 0.25) is 6.29 Å². The van der Waals surface area contributed by atoms with Crippen molar-refractivity contribution in [2.45, 2.75) is 80.2 Å². The number of nitrogens with one attached hydrogen (secondary N) is 1. The molecule has 0 aromatic rings. The summed E-state index contributed by atoms with van der Waals surface area (Å²) in [4.78, 5) is 0. The van der Waals surface area contributed by atoms with Gasteiger partial charge in [0.05, 0.1) is 18.2 Å². The molecule has 13 heteroatoms. The second kappa shape index (κ2) is 12.1. The molecule has 1 saturated heterocycles. The molecule has 1 saturated carbocycles. The van der Waals surface area contributed by atoms with Crippen LogP contribution in [0.5, 0.6) is 0 Å². The van der Waals surface area contributed by atoms with Crippen LogP contribution in [0, 0.1) is 0 Å². The van der Waals surface area contributed by atoms with Crippen molar-refractivity contribution in [1.29, 1.82) is 0 Å². The minimum absolute atomic E-state index is 0.0236. The topological polar surface area (TPSA) is 219 Å². The summed E-state index contributed by atoms with van der Waals surface area (Å²) in [6.45, 7) is -0.505. The molecule has 0 bridgehead atoms. The van der Waals surface area contributed by atoms with Crippen LogP contribution in [0.25, 0.3) is 0 Å². The highest BCUT2D eigenvalue weighted by Crippen LogP contribution is 2.33. The highest BCUT2D eigenvalue weighted by molar-refractivity contribution is 5.05. The molecule has 0 aromatic heterocycles. The van der Waals surface area contributed by atoms with E-state index in [1.807, 2.05) is 0 Å². The molecular weight excluding hydrogens is 443 g/mol. The molecule has 0 aromatic carbocycles. The van der Waals surface area contributed by atoms with E-state index >= 15 is 0 Å². The van der Waals surface area contributed by atoms with Crippen LogP contribution in [0.2, 0.25) is 0 Å². The summed E-state index contributed by atoms with van der Waals surface area (Å²) in [6, 6.07) is -2.18. The fourth-order valence-corrected chi connectivity index (χ4v) is 3.93. The molecule has 1 aliphatic carbocycles. The van der Waals surface area contributed by atoms with Crippen LogP contribution < -0.4 is 22.5 Å². The van der Waals surface area contributed by atoms with E-state index in [0.717, 1.165) is 6.08 Å². The van der Waals surface area contributed by atoms with Gasteiger partial charge in [-0.05, 0) is 26.3 Å². The summed E-state index contributed by atoms with van der Waals surface area (Å²) in [5.41, 5.74) is 15.3. The van der Waals surface area contributed by atoms with Gasteiger partial charge in [0.1, 0.15) is 5.60 Å². The van der Waals surface area contributed by atoms with Crippen LogP contribution in [0.3, 0.4) is 0 Å². The summed E-state index contributed by atoms with van der Waals surface area (Å²) >= 11 is 0. The number of aliphatic hydroxyl groups excluding tert-OH is 4. The average molecular weight is 481 g/mol. The van der Waals surface area contributed by atoms with Gasteiger partial charge in [-0.25, -0.2) is 4.39 Å². The van der Waals surface area contributed by atoms with Gasteiger partial charge in [-0.15, -0.1) is 0 Å². The van der Waals surface area contributed by atoms with Gasteiger partial charge < -0.3 is 62.3 Å². The van der Waals surface area contributed by atoms with E-state index in [-0.39, 0.29) is 38.8 Å². The van der Waals surface area contributed by atoms with Gasteiger partial charge >= 0.3 is 0 Å². The molecule has 0 radical (unpaired) electrons. The van der Waals surface area contributed by atoms with Crippen molar-refractivity contribution in [3.8, 4) is 0 Å². The number of rotatable bonds is 10. The lowest BCUT2D eigenvalue weighted by molar-refractivity contribution is -0.218. The van der Waals surface area contributed by atoms with Crippen molar-refractivity contribution in [2.24, 2.45) is 17.2 Å². The lowest BCUT2D eigenvalue weighted by Crippen LogP contribution is -2.61. The Morgan fingerprint density at radius 2 is 2.03 bits per heavy atom. The first kappa shape index (κ1) is 27.5. The van der Waals surface area contributed by atoms with Crippen molar-refractivity contribution >= 4 is 0 Å². The molecule has 192 valence electrons. The maximum Gasteiger partial charge on any atom is 0.276 e. The third-order valence-corrected chi connectivity index (χ3v) is 5.95. The quantitative estimate of drug-likeness (QED) is 0.157. The van der Waals surface area contributed by atoms with Crippen molar-refractivity contribution in [1.82, 2.24) is 5.32 Å². The number of halogens is 1. The van der Waals surface area contributed by atoms with Gasteiger partial charge in [0, 0.05) is 43.8 Å². The average Bonchev–Trinajstić information content (AvgIpc) is 2.74. The fraction of sp³-hybridized carbons (Fsp3) is 0.800. The fourth-order valence-electron chi connectivity index (χ4n) is 3.93. The second-order valence-electron chi connectivity index (χ2n) is 8.46. The number of hydrogen-bond acceptors (Lipinski definition) is 12. The largest absolute Gasteiger partial charge is 0.481 e. The molecule has 0 spiro atoms. The molecule has 12 N–H and O–H groups in total. The van der Waals surface area contributed by atoms with Crippen molar-refractivity contribution in [2.75, 3.05) is 20.2 Å². The summed E-state index contributed by atoms with van der Waals surface area (Å²) in [5, 5.41) is 52.8. The highest BCUT2D eigenvalue weighted by Gasteiger charge is 2.49. The molecule has 12 nitrogen and oxygen atoms in total. The molecule has 2 rings (SSSR count). The van der Waals surface area contributed by atoms with Crippen LogP contribution in [0.1, 0.15) is 25.7 Å². The number of aliphatic hydroxyl groups is 5. The van der Waals surface area contributed by atoms with Crippen LogP contribution in [-0.4, -0.2) is 100 Å². The molecule has 1 heterocycles. The third-order valence-electron chi connectivity index (χ3n) is 5.95. The van der Waals surface area contributed by atoms with E-state index < -0.39 is 66.4 Å². The minimum atomic E-state index is -1.92. The Balaban J connectivity index is 2.09. The van der Waals surface area contributed by atoms with E-state index in [1.54, 1.807) is 7.05 Å². The zero-order valence-corrected chi connectivity index (χ0v) is 18.6. The Morgan fingerprint density at radius 3 is 2.64 bits per heavy atom. The van der Waals surface area contributed by atoms with E-state index in [0.29, 0.717) is 0 Å². The van der Waals surface area contributed by atoms with Gasteiger partial charge in [-0.3, -0.25) is 0 Å². The Hall–Kier alpha value is -1.71. The van der Waals surface area contributed by atoms with Gasteiger partial charge in [-0.1, -0.05) is 0 Å². The first-order valence-corrected chi connectivity index (χ1v) is 10.9. The maximum absolute atomic E-state index is 14.8. The predicted molar refractivity (Wildman–Crippen MR) is 115 cm³/mol. The van der Waals surface area contributed by atoms with Crippen molar-refractivity contribution < 1.29 is 44.1 Å². The SMILES string of the molecule is CNC1C(O)C[C@H](/C=C(\O)O[C@@H]2C(N)CCC(O)(CN)C2F)OC1O/C(O)=C/[C@H](N)CCO. The number of nitrogens with two attached hydrogens (primary N) is 3. The highest BCUT2D eigenvalue weighted by atomic mass is 19.1. The number of likely N-dealkylation sites (N-methyl/N-ethyl adjacent to an activating group) is 1. The van der Waals surface area contributed by atoms with E-state index in [2.05, 4.69) is 5.32 Å². The standard InChI is InChI=1S/C20H37FN4O8/c1-25-16-13(27)7-11(31-19(16)33-14(28)6-10(23)3-5-26)8-15(29)32-17-12(24)2-4-20(30,9-22)18(17)21/h6,8,10-13,16-19,25-30H,2-5,7,9,22-24H2,1H3/b14-6+,15-8+/t10-,11-,12?,13?,16?,17-,18?,19?,20?/m1/s1. The first-order valence-electron chi connectivity index (χ1n) is 10.9. The maximum atomic E-state index is 14.8. The smallest absolute Gasteiger partial charge is 0.276 e. The van der Waals surface area contributed by atoms with Gasteiger partial charge in [0.15, 0.2) is 12.3 Å². The van der Waals surface area contributed by atoms with E-state index in [4.69, 9.17) is 36.5 Å². The Morgan fingerprint density at radius 1 is 1.33 bits per heavy atom. The Labute approximate surface area is 191 Å². The Bertz CT molecular complexity index is 686. The number of ether oxygens (including phenoxy) is 3. The molecule has 1 aliphatic heterocycles. The van der Waals surface area contributed by atoms with Crippen LogP contribution in [-0.2, 0) is 14.2 Å². The van der Waals surface area contributed by atoms with Gasteiger partial charge in [-0.2, -0.15) is 0 Å². The summed E-state index contributed by atoms with van der Waals surface area (Å²) in [6.07, 6.45) is -3.55. The molecule has 33 heavy (non-hydrogen) atoms. The summed E-state index contributed by atoms with van der Waals surface area (Å²) in [7, 11) is 1.56. The second-order valence-corrected chi connectivity index (χ2v) is 8.46. The summed E-state index contributed by atoms with van der Waals surface area (Å²) in [5.74, 6) is -1.27. The van der Waals surface area contributed by atoms with Crippen LogP contribution in [0.4, 0.5) is 4.39 Å². The molecule has 0 amide bonds. The Kier molecular flexibility index (Phi) is 10.1. The first-order chi connectivity index (χ1) is 15.5. The molecular formula is C20H37FN4O8. The molecule has 9 atom stereocenters. The lowest BCUT2D eigenvalue weighted by Gasteiger charge is -2.42. The number of hydrogen-bond donors (Lipinski definition) is 9. The number of alkyl halides is 1. The zero-order chi connectivity index (χ0) is 24.8. The lowest BCUT2D eigenvalue weighted by atomic mass is 9.79. The normalized spacial score (nSPS) is 39.2. The van der Waals surface area contributed by atoms with E-state index in [9.17, 15) is 24.8 Å². The third kappa shape index (κ3) is 7.13. The van der Waals surface area contributed by atoms with E-state index in [1.165, 1.54) is 6.08 Å². The summed E-state index contributed by atoms with van der Waals surface area (Å²) < 4.78 is 31.1. The van der Waals surface area contributed by atoms with Crippen LogP contribution in [0.15, 0.2) is 24.0 Å². The monoisotopic (exact) mass is 480 g/mol. The molecule has 2 fully saturated rings. The van der Waals surface area contributed by atoms with Gasteiger partial charge in [0.25, 0.3) is 11.9 Å².